The van der Waals surface area contributed by atoms with E-state index in [1.165, 1.54) is 14.7 Å². The molecule has 1 rings (SSSR count). The topological polar surface area (TPSA) is 168 Å². The normalized spacial score (nSPS) is 11.7. The van der Waals surface area contributed by atoms with Crippen LogP contribution in [0, 0.1) is 11.8 Å². The van der Waals surface area contributed by atoms with Gasteiger partial charge in [0.15, 0.2) is 0 Å². The summed E-state index contributed by atoms with van der Waals surface area (Å²) in [6.45, 7) is 6.48. The minimum atomic E-state index is -1.14. The van der Waals surface area contributed by atoms with Crippen LogP contribution in [0.5, 0.6) is 0 Å². The number of nitrogens with one attached hydrogen (secondary N) is 1. The highest BCUT2D eigenvalue weighted by Gasteiger charge is 2.26. The maximum Gasteiger partial charge on any atom is 0.326 e. The van der Waals surface area contributed by atoms with Gasteiger partial charge in [0.2, 0.25) is 17.7 Å². The van der Waals surface area contributed by atoms with Crippen molar-refractivity contribution in [3.8, 4) is 0 Å². The van der Waals surface area contributed by atoms with Crippen LogP contribution < -0.4 is 5.32 Å². The van der Waals surface area contributed by atoms with Crippen LogP contribution in [0.1, 0.15) is 57.3 Å². The molecule has 12 nitrogen and oxygen atoms in total. The summed E-state index contributed by atoms with van der Waals surface area (Å²) in [6.07, 6.45) is 0.327. The molecule has 41 heavy (non-hydrogen) atoms. The second-order valence-corrected chi connectivity index (χ2v) is 10.8. The van der Waals surface area contributed by atoms with E-state index in [9.17, 15) is 39.3 Å². The molecule has 1 aromatic carbocycles. The van der Waals surface area contributed by atoms with E-state index in [2.05, 4.69) is 5.32 Å². The molecule has 0 aromatic heterocycles. The number of aliphatic carboxylic acids is 1. The lowest BCUT2D eigenvalue weighted by atomic mass is 10.0. The second-order valence-electron chi connectivity index (χ2n) is 10.8. The van der Waals surface area contributed by atoms with Crippen LogP contribution in [0.4, 0.5) is 0 Å². The number of carbonyl (C=O) groups excluding carboxylic acids is 4. The molecule has 0 saturated carbocycles. The summed E-state index contributed by atoms with van der Waals surface area (Å²) in [7, 11) is 0. The van der Waals surface area contributed by atoms with Crippen molar-refractivity contribution in [2.75, 3.05) is 52.5 Å². The Bertz CT molecular complexity index is 986. The standard InChI is InChI=1S/C29H46N4O8/c1-21(2)17-24(29(40)41)30-25(36)11-13-31(12-8-15-34)26(37)19-32(14-16-35)27(38)20-33(18-22(3)4)28(39)23-9-6-5-7-10-23/h5-7,9-10,21-22,24,34-35H,8,11-20H2,1-4H3,(H,30,36)(H,40,41)/t24-/m0/s1. The van der Waals surface area contributed by atoms with E-state index in [1.807, 2.05) is 27.7 Å². The summed E-state index contributed by atoms with van der Waals surface area (Å²) in [5.74, 6) is -2.90. The molecule has 12 heteroatoms. The fourth-order valence-corrected chi connectivity index (χ4v) is 4.18. The van der Waals surface area contributed by atoms with E-state index in [-0.39, 0.29) is 69.8 Å². The molecule has 230 valence electrons. The first-order valence-corrected chi connectivity index (χ1v) is 14.0. The number of benzene rings is 1. The van der Waals surface area contributed by atoms with Gasteiger partial charge in [0.1, 0.15) is 12.6 Å². The van der Waals surface area contributed by atoms with E-state index in [4.69, 9.17) is 0 Å². The molecule has 4 N–H and O–H groups in total. The lowest BCUT2D eigenvalue weighted by Gasteiger charge is -2.30. The molecule has 1 atom stereocenters. The Morgan fingerprint density at radius 1 is 0.780 bits per heavy atom. The molecule has 4 amide bonds. The van der Waals surface area contributed by atoms with E-state index in [0.717, 1.165) is 0 Å². The summed E-state index contributed by atoms with van der Waals surface area (Å²) in [5, 5.41) is 30.7. The highest BCUT2D eigenvalue weighted by Crippen LogP contribution is 2.10. The van der Waals surface area contributed by atoms with E-state index >= 15 is 0 Å². The zero-order valence-corrected chi connectivity index (χ0v) is 24.6. The number of hydrogen-bond donors (Lipinski definition) is 4. The Kier molecular flexibility index (Phi) is 16.3. The first-order valence-electron chi connectivity index (χ1n) is 14.0. The predicted octanol–water partition coefficient (Wildman–Crippen LogP) is 0.822. The van der Waals surface area contributed by atoms with Gasteiger partial charge in [-0.25, -0.2) is 4.79 Å². The smallest absolute Gasteiger partial charge is 0.326 e. The summed E-state index contributed by atoms with van der Waals surface area (Å²) in [4.78, 5) is 67.4. The van der Waals surface area contributed by atoms with Gasteiger partial charge in [0, 0.05) is 44.8 Å². The van der Waals surface area contributed by atoms with Gasteiger partial charge < -0.3 is 35.3 Å². The summed E-state index contributed by atoms with van der Waals surface area (Å²) >= 11 is 0. The maximum absolute atomic E-state index is 13.3. The van der Waals surface area contributed by atoms with Crippen LogP contribution in [0.25, 0.3) is 0 Å². The van der Waals surface area contributed by atoms with E-state index in [1.54, 1.807) is 30.3 Å². The second kappa shape index (κ2) is 18.8. The van der Waals surface area contributed by atoms with Crippen molar-refractivity contribution in [2.24, 2.45) is 11.8 Å². The zero-order chi connectivity index (χ0) is 30.9. The first kappa shape index (κ1) is 35.5. The third kappa shape index (κ3) is 13.6. The van der Waals surface area contributed by atoms with Gasteiger partial charge in [-0.15, -0.1) is 0 Å². The molecule has 1 aromatic rings. The number of carboxylic acid groups (broad SMARTS) is 1. The van der Waals surface area contributed by atoms with Crippen LogP contribution in [0.2, 0.25) is 0 Å². The highest BCUT2D eigenvalue weighted by molar-refractivity contribution is 5.97. The van der Waals surface area contributed by atoms with Crippen molar-refractivity contribution in [3.63, 3.8) is 0 Å². The van der Waals surface area contributed by atoms with Gasteiger partial charge in [-0.2, -0.15) is 0 Å². The average Bonchev–Trinajstić information content (AvgIpc) is 2.91. The van der Waals surface area contributed by atoms with Crippen LogP contribution in [-0.4, -0.2) is 118 Å². The van der Waals surface area contributed by atoms with Crippen LogP contribution in [0.15, 0.2) is 30.3 Å². The minimum absolute atomic E-state index is 0.0496. The number of aliphatic hydroxyl groups is 2. The predicted molar refractivity (Wildman–Crippen MR) is 153 cm³/mol. The molecule has 0 heterocycles. The summed E-state index contributed by atoms with van der Waals surface area (Å²) in [5.41, 5.74) is 0.428. The summed E-state index contributed by atoms with van der Waals surface area (Å²) < 4.78 is 0. The molecular formula is C29H46N4O8. The number of amides is 4. The van der Waals surface area contributed by atoms with Gasteiger partial charge in [-0.1, -0.05) is 45.9 Å². The SMILES string of the molecule is CC(C)C[C@H](NC(=O)CCN(CCCO)C(=O)CN(CCO)C(=O)CN(CC(C)C)C(=O)c1ccccc1)C(=O)O. The Morgan fingerprint density at radius 3 is 1.93 bits per heavy atom. The fraction of sp³-hybridized carbons (Fsp3) is 0.621. The summed E-state index contributed by atoms with van der Waals surface area (Å²) in [6, 6.07) is 7.51. The average molecular weight is 579 g/mol. The number of aliphatic hydroxyl groups excluding tert-OH is 2. The molecule has 0 aliphatic rings. The van der Waals surface area contributed by atoms with Crippen molar-refractivity contribution >= 4 is 29.6 Å². The molecule has 0 aliphatic heterocycles. The lowest BCUT2D eigenvalue weighted by molar-refractivity contribution is -0.143. The molecular weight excluding hydrogens is 532 g/mol. The monoisotopic (exact) mass is 578 g/mol. The molecule has 0 aliphatic carbocycles. The molecule has 0 unspecified atom stereocenters. The van der Waals surface area contributed by atoms with Crippen molar-refractivity contribution < 1.29 is 39.3 Å². The molecule has 0 radical (unpaired) electrons. The van der Waals surface area contributed by atoms with Crippen molar-refractivity contribution in [1.29, 1.82) is 0 Å². The number of nitrogens with zero attached hydrogens (tertiary/aromatic N) is 3. The van der Waals surface area contributed by atoms with Crippen LogP contribution >= 0.6 is 0 Å². The molecule has 0 spiro atoms. The molecule has 0 bridgehead atoms. The zero-order valence-electron chi connectivity index (χ0n) is 24.6. The van der Waals surface area contributed by atoms with Crippen LogP contribution in [-0.2, 0) is 19.2 Å². The minimum Gasteiger partial charge on any atom is -0.480 e. The third-order valence-electron chi connectivity index (χ3n) is 6.16. The van der Waals surface area contributed by atoms with E-state index < -0.39 is 42.9 Å². The molecule has 0 saturated heterocycles. The molecule has 0 fully saturated rings. The number of carboxylic acids is 1. The van der Waals surface area contributed by atoms with Gasteiger partial charge >= 0.3 is 5.97 Å². The van der Waals surface area contributed by atoms with Crippen molar-refractivity contribution in [2.45, 2.75) is 53.0 Å². The highest BCUT2D eigenvalue weighted by atomic mass is 16.4. The quantitative estimate of drug-likeness (QED) is 0.187. The maximum atomic E-state index is 13.3. The van der Waals surface area contributed by atoms with E-state index in [0.29, 0.717) is 12.1 Å². The van der Waals surface area contributed by atoms with Crippen molar-refractivity contribution in [3.05, 3.63) is 35.9 Å². The number of hydrogen-bond acceptors (Lipinski definition) is 7. The Morgan fingerprint density at radius 2 is 1.39 bits per heavy atom. The number of carbonyl (C=O) groups is 5. The van der Waals surface area contributed by atoms with Gasteiger partial charge in [-0.05, 0) is 36.8 Å². The third-order valence-corrected chi connectivity index (χ3v) is 6.16. The van der Waals surface area contributed by atoms with Gasteiger partial charge in [0.05, 0.1) is 13.2 Å². The lowest BCUT2D eigenvalue weighted by Crippen LogP contribution is -2.49. The van der Waals surface area contributed by atoms with Crippen LogP contribution in [0.3, 0.4) is 0 Å². The Hall–Kier alpha value is -3.51. The van der Waals surface area contributed by atoms with Crippen molar-refractivity contribution in [1.82, 2.24) is 20.0 Å². The Labute approximate surface area is 242 Å². The Balaban J connectivity index is 2.95. The first-order chi connectivity index (χ1) is 19.4. The largest absolute Gasteiger partial charge is 0.480 e. The van der Waals surface area contributed by atoms with Gasteiger partial charge in [-0.3, -0.25) is 19.2 Å². The fourth-order valence-electron chi connectivity index (χ4n) is 4.18. The number of rotatable bonds is 19. The van der Waals surface area contributed by atoms with Gasteiger partial charge in [0.25, 0.3) is 5.91 Å².